The van der Waals surface area contributed by atoms with Crippen LogP contribution in [0.3, 0.4) is 0 Å². The quantitative estimate of drug-likeness (QED) is 0.639. The molecule has 0 saturated heterocycles. The van der Waals surface area contributed by atoms with E-state index >= 15 is 0 Å². The first-order chi connectivity index (χ1) is 16.9. The minimum Gasteiger partial charge on any atom is -0.355 e. The van der Waals surface area contributed by atoms with Gasteiger partial charge in [0.2, 0.25) is 5.95 Å². The normalized spacial score (nSPS) is 21.5. The molecule has 3 aliphatic rings. The summed E-state index contributed by atoms with van der Waals surface area (Å²) in [7, 11) is 3.44. The Morgan fingerprint density at radius 1 is 1.26 bits per heavy atom. The lowest BCUT2D eigenvalue weighted by atomic mass is 10.0. The van der Waals surface area contributed by atoms with Crippen LogP contribution >= 0.6 is 0 Å². The van der Waals surface area contributed by atoms with Gasteiger partial charge in [-0.05, 0) is 37.5 Å². The van der Waals surface area contributed by atoms with Gasteiger partial charge >= 0.3 is 0 Å². The Morgan fingerprint density at radius 3 is 2.71 bits per heavy atom. The molecule has 2 N–H and O–H groups in total. The van der Waals surface area contributed by atoms with Crippen LogP contribution in [0.2, 0.25) is 0 Å². The zero-order chi connectivity index (χ0) is 24.7. The summed E-state index contributed by atoms with van der Waals surface area (Å²) in [6, 6.07) is 4.70. The SMILES string of the molecule is CC[C@@H]1C2N(C)N=CN2c2cnc(Nc3ccc(C(=O)NC)cc3C(F)F)nc2N1C1CCCC1. The predicted octanol–water partition coefficient (Wildman–Crippen LogP) is 4.08. The summed E-state index contributed by atoms with van der Waals surface area (Å²) in [5.74, 6) is 0.604. The van der Waals surface area contributed by atoms with Gasteiger partial charge in [-0.15, -0.1) is 0 Å². The number of anilines is 4. The van der Waals surface area contributed by atoms with Crippen molar-refractivity contribution in [1.82, 2.24) is 20.3 Å². The Kier molecular flexibility index (Phi) is 6.16. The second kappa shape index (κ2) is 9.27. The number of halogens is 2. The maximum atomic E-state index is 13.9. The highest BCUT2D eigenvalue weighted by Gasteiger charge is 2.46. The first-order valence-electron chi connectivity index (χ1n) is 12.0. The molecule has 2 atom stereocenters. The van der Waals surface area contributed by atoms with Crippen molar-refractivity contribution < 1.29 is 13.6 Å². The highest BCUT2D eigenvalue weighted by atomic mass is 19.3. The number of hydrogen-bond acceptors (Lipinski definition) is 8. The van der Waals surface area contributed by atoms with Crippen LogP contribution in [0.5, 0.6) is 0 Å². The van der Waals surface area contributed by atoms with Crippen molar-refractivity contribution >= 4 is 35.4 Å². The zero-order valence-electron chi connectivity index (χ0n) is 20.1. The smallest absolute Gasteiger partial charge is 0.265 e. The maximum absolute atomic E-state index is 13.9. The lowest BCUT2D eigenvalue weighted by Crippen LogP contribution is -2.60. The van der Waals surface area contributed by atoms with Gasteiger partial charge in [0.25, 0.3) is 12.3 Å². The Bertz CT molecular complexity index is 1140. The number of aromatic nitrogens is 2. The van der Waals surface area contributed by atoms with Gasteiger partial charge in [-0.25, -0.2) is 13.8 Å². The number of hydrogen-bond donors (Lipinski definition) is 2. The third-order valence-corrected chi connectivity index (χ3v) is 7.16. The fourth-order valence-electron chi connectivity index (χ4n) is 5.49. The van der Waals surface area contributed by atoms with Gasteiger partial charge < -0.3 is 20.4 Å². The molecular weight excluding hydrogens is 454 g/mol. The van der Waals surface area contributed by atoms with Gasteiger partial charge in [0, 0.05) is 37.0 Å². The van der Waals surface area contributed by atoms with Crippen molar-refractivity contribution in [2.45, 2.75) is 63.7 Å². The van der Waals surface area contributed by atoms with Crippen LogP contribution in [0.25, 0.3) is 0 Å². The van der Waals surface area contributed by atoms with E-state index in [1.807, 2.05) is 12.1 Å². The number of carbonyl (C=O) groups is 1. The third-order valence-electron chi connectivity index (χ3n) is 7.16. The van der Waals surface area contributed by atoms with Crippen molar-refractivity contribution in [2.24, 2.45) is 5.10 Å². The Balaban J connectivity index is 1.54. The molecule has 0 radical (unpaired) electrons. The van der Waals surface area contributed by atoms with Crippen molar-refractivity contribution in [3.63, 3.8) is 0 Å². The Labute approximate surface area is 203 Å². The standard InChI is InChI=1S/C24H30F2N8O/c1-4-18-23-32(3)29-13-33(23)19-12-28-24(31-21(19)34(18)15-7-5-6-8-15)30-17-10-9-14(22(35)27-2)11-16(17)20(25)26/h9-13,15,18,20,23H,4-8H2,1-3H3,(H,27,35)(H,28,30,31)/t18-,23?/m1/s1. The molecule has 0 bridgehead atoms. The molecule has 1 aliphatic carbocycles. The molecule has 9 nitrogen and oxygen atoms in total. The van der Waals surface area contributed by atoms with Gasteiger partial charge in [-0.3, -0.25) is 9.80 Å². The summed E-state index contributed by atoms with van der Waals surface area (Å²) >= 11 is 0. The minimum absolute atomic E-state index is 0.0539. The summed E-state index contributed by atoms with van der Waals surface area (Å²) in [6.45, 7) is 2.17. The second-order valence-electron chi connectivity index (χ2n) is 9.16. The summed E-state index contributed by atoms with van der Waals surface area (Å²) < 4.78 is 27.7. The first-order valence-corrected chi connectivity index (χ1v) is 12.0. The number of benzene rings is 1. The molecule has 1 amide bonds. The maximum Gasteiger partial charge on any atom is 0.265 e. The second-order valence-corrected chi connectivity index (χ2v) is 9.16. The summed E-state index contributed by atoms with van der Waals surface area (Å²) in [6.07, 6.45) is 6.28. The van der Waals surface area contributed by atoms with Gasteiger partial charge in [0.1, 0.15) is 18.2 Å². The fraction of sp³-hybridized carbons (Fsp3) is 0.500. The number of hydrazone groups is 1. The van der Waals surface area contributed by atoms with Gasteiger partial charge in [0.05, 0.1) is 12.2 Å². The number of likely N-dealkylation sites (N-methyl/N-ethyl adjacent to an activating group) is 1. The van der Waals surface area contributed by atoms with Crippen LogP contribution in [0, 0.1) is 0 Å². The third kappa shape index (κ3) is 4.02. The molecule has 1 aromatic heterocycles. The minimum atomic E-state index is -2.77. The molecular formula is C24H30F2N8O. The fourth-order valence-corrected chi connectivity index (χ4v) is 5.49. The number of nitrogens with one attached hydrogen (secondary N) is 2. The number of alkyl halides is 2. The van der Waals surface area contributed by atoms with E-state index in [1.165, 1.54) is 38.1 Å². The lowest BCUT2D eigenvalue weighted by Gasteiger charge is -2.49. The van der Waals surface area contributed by atoms with Gasteiger partial charge in [0.15, 0.2) is 5.82 Å². The van der Waals surface area contributed by atoms with Crippen molar-refractivity contribution in [1.29, 1.82) is 0 Å². The molecule has 5 rings (SSSR count). The molecule has 35 heavy (non-hydrogen) atoms. The van der Waals surface area contributed by atoms with Crippen molar-refractivity contribution in [3.05, 3.63) is 35.5 Å². The molecule has 186 valence electrons. The lowest BCUT2D eigenvalue weighted by molar-refractivity contribution is 0.0962. The van der Waals surface area contributed by atoms with E-state index in [9.17, 15) is 13.6 Å². The average Bonchev–Trinajstić information content (AvgIpc) is 3.53. The van der Waals surface area contributed by atoms with E-state index in [0.717, 1.165) is 30.8 Å². The van der Waals surface area contributed by atoms with Crippen LogP contribution in [0.15, 0.2) is 29.5 Å². The van der Waals surface area contributed by atoms with Crippen LogP contribution in [0.4, 0.5) is 31.9 Å². The molecule has 1 unspecified atom stereocenters. The summed E-state index contributed by atoms with van der Waals surface area (Å²) in [4.78, 5) is 25.7. The number of fused-ring (bicyclic) bond motifs is 3. The largest absolute Gasteiger partial charge is 0.355 e. The van der Waals surface area contributed by atoms with Crippen molar-refractivity contribution in [2.75, 3.05) is 29.2 Å². The Morgan fingerprint density at radius 2 is 2.03 bits per heavy atom. The average molecular weight is 485 g/mol. The monoisotopic (exact) mass is 484 g/mol. The molecule has 3 heterocycles. The van der Waals surface area contributed by atoms with Crippen LogP contribution < -0.4 is 20.4 Å². The highest BCUT2D eigenvalue weighted by molar-refractivity contribution is 5.95. The van der Waals surface area contributed by atoms with E-state index < -0.39 is 12.3 Å². The molecule has 2 aliphatic heterocycles. The molecule has 1 aromatic carbocycles. The van der Waals surface area contributed by atoms with Crippen LogP contribution in [-0.4, -0.2) is 59.6 Å². The Hall–Kier alpha value is -3.50. The van der Waals surface area contributed by atoms with E-state index in [0.29, 0.717) is 6.04 Å². The van der Waals surface area contributed by atoms with Crippen molar-refractivity contribution in [3.8, 4) is 0 Å². The van der Waals surface area contributed by atoms with E-state index in [1.54, 1.807) is 12.5 Å². The molecule has 0 spiro atoms. The highest BCUT2D eigenvalue weighted by Crippen LogP contribution is 2.44. The molecule has 1 saturated carbocycles. The van der Waals surface area contributed by atoms with E-state index in [2.05, 4.69) is 37.4 Å². The summed E-state index contributed by atoms with van der Waals surface area (Å²) in [5, 5.41) is 11.9. The number of nitrogens with zero attached hydrogens (tertiary/aromatic N) is 6. The number of carbonyl (C=O) groups excluding carboxylic acids is 1. The number of amides is 1. The van der Waals surface area contributed by atoms with E-state index in [-0.39, 0.29) is 35.0 Å². The van der Waals surface area contributed by atoms with Crippen LogP contribution in [0.1, 0.15) is 61.4 Å². The summed E-state index contributed by atoms with van der Waals surface area (Å²) in [5.41, 5.74) is 0.916. The molecule has 11 heteroatoms. The topological polar surface area (TPSA) is 89.0 Å². The predicted molar refractivity (Wildman–Crippen MR) is 131 cm³/mol. The van der Waals surface area contributed by atoms with Crippen LogP contribution in [-0.2, 0) is 0 Å². The molecule has 1 fully saturated rings. The first kappa shape index (κ1) is 23.3. The van der Waals surface area contributed by atoms with Gasteiger partial charge in [-0.2, -0.15) is 10.1 Å². The molecule has 2 aromatic rings. The van der Waals surface area contributed by atoms with Gasteiger partial charge in [-0.1, -0.05) is 19.8 Å². The number of rotatable bonds is 6. The zero-order valence-corrected chi connectivity index (χ0v) is 20.1. The van der Waals surface area contributed by atoms with E-state index in [4.69, 9.17) is 4.98 Å².